The lowest BCUT2D eigenvalue weighted by Gasteiger charge is -2.38. The van der Waals surface area contributed by atoms with E-state index in [0.29, 0.717) is 5.92 Å². The van der Waals surface area contributed by atoms with Crippen molar-refractivity contribution in [3.05, 3.63) is 29.8 Å². The number of nitrogens with zero attached hydrogens (tertiary/aromatic N) is 2. The van der Waals surface area contributed by atoms with Gasteiger partial charge in [0, 0.05) is 13.1 Å². The molecule has 1 aliphatic heterocycles. The summed E-state index contributed by atoms with van der Waals surface area (Å²) >= 11 is 0. The van der Waals surface area contributed by atoms with Crippen molar-refractivity contribution in [1.82, 2.24) is 9.88 Å². The molecule has 1 saturated heterocycles. The Morgan fingerprint density at radius 1 is 1.32 bits per heavy atom. The topological polar surface area (TPSA) is 33.2 Å². The van der Waals surface area contributed by atoms with Gasteiger partial charge in [-0.05, 0) is 36.3 Å². The van der Waals surface area contributed by atoms with E-state index < -0.39 is 5.95 Å². The molecule has 4 heteroatoms. The van der Waals surface area contributed by atoms with E-state index in [1.54, 1.807) is 11.0 Å². The van der Waals surface area contributed by atoms with Gasteiger partial charge in [-0.1, -0.05) is 26.8 Å². The molecular formula is C15H21FN2O. The Kier molecular flexibility index (Phi) is 3.88. The number of hydrogen-bond acceptors (Lipinski definition) is 2. The SMILES string of the molecule is CC(C)(C)C1CCN(C(=O)c2cccc(F)n2)CC1. The van der Waals surface area contributed by atoms with Crippen LogP contribution >= 0.6 is 0 Å². The minimum absolute atomic E-state index is 0.160. The normalized spacial score (nSPS) is 17.6. The molecule has 0 N–H and O–H groups in total. The first-order valence-electron chi connectivity index (χ1n) is 6.80. The van der Waals surface area contributed by atoms with Crippen molar-refractivity contribution in [1.29, 1.82) is 0 Å². The summed E-state index contributed by atoms with van der Waals surface area (Å²) in [4.78, 5) is 17.6. The van der Waals surface area contributed by atoms with Crippen molar-refractivity contribution in [2.24, 2.45) is 11.3 Å². The number of hydrogen-bond donors (Lipinski definition) is 0. The summed E-state index contributed by atoms with van der Waals surface area (Å²) in [5.41, 5.74) is 0.487. The molecule has 0 saturated carbocycles. The van der Waals surface area contributed by atoms with Gasteiger partial charge in [0.15, 0.2) is 0 Å². The molecule has 2 rings (SSSR count). The van der Waals surface area contributed by atoms with Gasteiger partial charge >= 0.3 is 0 Å². The van der Waals surface area contributed by atoms with Crippen molar-refractivity contribution in [2.75, 3.05) is 13.1 Å². The van der Waals surface area contributed by atoms with Gasteiger partial charge in [-0.25, -0.2) is 4.98 Å². The Hall–Kier alpha value is -1.45. The van der Waals surface area contributed by atoms with Gasteiger partial charge in [0.05, 0.1) is 0 Å². The van der Waals surface area contributed by atoms with E-state index in [4.69, 9.17) is 0 Å². The van der Waals surface area contributed by atoms with Crippen LogP contribution in [0.4, 0.5) is 4.39 Å². The maximum Gasteiger partial charge on any atom is 0.272 e. The first-order valence-corrected chi connectivity index (χ1v) is 6.80. The Morgan fingerprint density at radius 2 is 1.95 bits per heavy atom. The minimum atomic E-state index is -0.601. The van der Waals surface area contributed by atoms with Crippen LogP contribution in [0.5, 0.6) is 0 Å². The highest BCUT2D eigenvalue weighted by Gasteiger charge is 2.30. The minimum Gasteiger partial charge on any atom is -0.337 e. The Morgan fingerprint density at radius 3 is 2.47 bits per heavy atom. The first-order chi connectivity index (χ1) is 8.88. The van der Waals surface area contributed by atoms with Crippen molar-refractivity contribution in [2.45, 2.75) is 33.6 Å². The van der Waals surface area contributed by atoms with E-state index >= 15 is 0 Å². The third kappa shape index (κ3) is 3.31. The smallest absolute Gasteiger partial charge is 0.272 e. The Bertz CT molecular complexity index is 459. The number of halogens is 1. The molecule has 0 aliphatic carbocycles. The molecule has 1 amide bonds. The lowest BCUT2D eigenvalue weighted by molar-refractivity contribution is 0.0602. The Balaban J connectivity index is 2.00. The van der Waals surface area contributed by atoms with Gasteiger partial charge in [-0.15, -0.1) is 0 Å². The molecule has 19 heavy (non-hydrogen) atoms. The zero-order valence-corrected chi connectivity index (χ0v) is 11.8. The average molecular weight is 264 g/mol. The largest absolute Gasteiger partial charge is 0.337 e. The van der Waals surface area contributed by atoms with Crippen LogP contribution in [0, 0.1) is 17.3 Å². The number of amides is 1. The zero-order chi connectivity index (χ0) is 14.0. The average Bonchev–Trinajstić information content (AvgIpc) is 2.37. The second kappa shape index (κ2) is 5.27. The van der Waals surface area contributed by atoms with Gasteiger partial charge in [0.1, 0.15) is 5.69 Å². The van der Waals surface area contributed by atoms with Gasteiger partial charge in [-0.2, -0.15) is 4.39 Å². The Labute approximate surface area is 113 Å². The fourth-order valence-electron chi connectivity index (χ4n) is 2.64. The van der Waals surface area contributed by atoms with Crippen molar-refractivity contribution < 1.29 is 9.18 Å². The quantitative estimate of drug-likeness (QED) is 0.730. The fourth-order valence-corrected chi connectivity index (χ4v) is 2.64. The molecule has 104 valence electrons. The monoisotopic (exact) mass is 264 g/mol. The van der Waals surface area contributed by atoms with Crippen LogP contribution in [-0.4, -0.2) is 28.9 Å². The predicted molar refractivity (Wildman–Crippen MR) is 72.3 cm³/mol. The van der Waals surface area contributed by atoms with Crippen LogP contribution in [0.25, 0.3) is 0 Å². The molecule has 1 aromatic heterocycles. The number of aromatic nitrogens is 1. The van der Waals surface area contributed by atoms with Crippen LogP contribution in [-0.2, 0) is 0 Å². The molecule has 0 aromatic carbocycles. The highest BCUT2D eigenvalue weighted by molar-refractivity contribution is 5.92. The van der Waals surface area contributed by atoms with Crippen molar-refractivity contribution in [3.63, 3.8) is 0 Å². The maximum atomic E-state index is 13.0. The second-order valence-corrected chi connectivity index (χ2v) is 6.28. The van der Waals surface area contributed by atoms with Gasteiger partial charge in [0.25, 0.3) is 5.91 Å². The zero-order valence-electron chi connectivity index (χ0n) is 11.8. The lowest BCUT2D eigenvalue weighted by atomic mass is 9.75. The third-order valence-electron chi connectivity index (χ3n) is 3.94. The molecule has 0 radical (unpaired) electrons. The summed E-state index contributed by atoms with van der Waals surface area (Å²) < 4.78 is 13.0. The number of pyridine rings is 1. The van der Waals surface area contributed by atoms with E-state index in [0.717, 1.165) is 25.9 Å². The summed E-state index contributed by atoms with van der Waals surface area (Å²) in [5.74, 6) is -0.126. The lowest BCUT2D eigenvalue weighted by Crippen LogP contribution is -2.41. The molecule has 1 aliphatic rings. The van der Waals surface area contributed by atoms with Gasteiger partial charge in [0.2, 0.25) is 5.95 Å². The molecule has 1 fully saturated rings. The predicted octanol–water partition coefficient (Wildman–Crippen LogP) is 3.12. The molecule has 0 spiro atoms. The van der Waals surface area contributed by atoms with Crippen LogP contribution < -0.4 is 0 Å². The summed E-state index contributed by atoms with van der Waals surface area (Å²) in [6.45, 7) is 8.19. The summed E-state index contributed by atoms with van der Waals surface area (Å²) in [6, 6.07) is 4.35. The van der Waals surface area contributed by atoms with E-state index in [-0.39, 0.29) is 17.0 Å². The summed E-state index contributed by atoms with van der Waals surface area (Å²) in [5, 5.41) is 0. The van der Waals surface area contributed by atoms with Crippen LogP contribution in [0.15, 0.2) is 18.2 Å². The molecule has 2 heterocycles. The maximum absolute atomic E-state index is 13.0. The van der Waals surface area contributed by atoms with Crippen LogP contribution in [0.1, 0.15) is 44.1 Å². The molecule has 0 atom stereocenters. The fraction of sp³-hybridized carbons (Fsp3) is 0.600. The number of likely N-dealkylation sites (tertiary alicyclic amines) is 1. The molecule has 0 unspecified atom stereocenters. The van der Waals surface area contributed by atoms with Crippen LogP contribution in [0.3, 0.4) is 0 Å². The molecule has 3 nitrogen and oxygen atoms in total. The number of carbonyl (C=O) groups is 1. The van der Waals surface area contributed by atoms with Crippen molar-refractivity contribution >= 4 is 5.91 Å². The number of piperidine rings is 1. The third-order valence-corrected chi connectivity index (χ3v) is 3.94. The van der Waals surface area contributed by atoms with E-state index in [1.807, 2.05) is 0 Å². The molecule has 1 aromatic rings. The highest BCUT2D eigenvalue weighted by Crippen LogP contribution is 2.34. The second-order valence-electron chi connectivity index (χ2n) is 6.28. The molecular weight excluding hydrogens is 243 g/mol. The van der Waals surface area contributed by atoms with Crippen molar-refractivity contribution in [3.8, 4) is 0 Å². The van der Waals surface area contributed by atoms with E-state index in [9.17, 15) is 9.18 Å². The number of rotatable bonds is 1. The summed E-state index contributed by atoms with van der Waals surface area (Å²) in [6.07, 6.45) is 2.01. The number of carbonyl (C=O) groups excluding carboxylic acids is 1. The first kappa shape index (κ1) is 14.0. The summed E-state index contributed by atoms with van der Waals surface area (Å²) in [7, 11) is 0. The molecule has 0 bridgehead atoms. The van der Waals surface area contributed by atoms with Gasteiger partial charge < -0.3 is 4.90 Å². The van der Waals surface area contributed by atoms with Crippen LogP contribution in [0.2, 0.25) is 0 Å². The van der Waals surface area contributed by atoms with E-state index in [1.165, 1.54) is 12.1 Å². The van der Waals surface area contributed by atoms with Gasteiger partial charge in [-0.3, -0.25) is 4.79 Å². The van der Waals surface area contributed by atoms with E-state index in [2.05, 4.69) is 25.8 Å². The highest BCUT2D eigenvalue weighted by atomic mass is 19.1. The standard InChI is InChI=1S/C15H21FN2O/c1-15(2,3)11-7-9-18(10-8-11)14(19)12-5-4-6-13(16)17-12/h4-6,11H,7-10H2,1-3H3.